The SMILES string of the molecule is O=C(NCCn1ncnn1)c1ccc2ccccc2c1. The third-order valence-electron chi connectivity index (χ3n) is 3.00. The number of tetrazole rings is 1. The summed E-state index contributed by atoms with van der Waals surface area (Å²) in [7, 11) is 0. The Hall–Kier alpha value is -2.76. The van der Waals surface area contributed by atoms with Gasteiger partial charge in [0.1, 0.15) is 0 Å². The Kier molecular flexibility index (Phi) is 3.36. The molecule has 6 heteroatoms. The van der Waals surface area contributed by atoms with Crippen LogP contribution >= 0.6 is 0 Å². The summed E-state index contributed by atoms with van der Waals surface area (Å²) in [5.41, 5.74) is 0.648. The maximum Gasteiger partial charge on any atom is 0.251 e. The van der Waals surface area contributed by atoms with Gasteiger partial charge in [-0.25, -0.2) is 0 Å². The molecule has 0 aliphatic rings. The summed E-state index contributed by atoms with van der Waals surface area (Å²) in [5, 5.41) is 16.2. The van der Waals surface area contributed by atoms with E-state index in [9.17, 15) is 4.79 Å². The molecular formula is C14H13N5O. The molecule has 0 unspecified atom stereocenters. The van der Waals surface area contributed by atoms with E-state index in [0.29, 0.717) is 18.7 Å². The fraction of sp³-hybridized carbons (Fsp3) is 0.143. The monoisotopic (exact) mass is 267 g/mol. The zero-order chi connectivity index (χ0) is 13.8. The minimum Gasteiger partial charge on any atom is -0.350 e. The first-order valence-corrected chi connectivity index (χ1v) is 6.31. The highest BCUT2D eigenvalue weighted by molar-refractivity contribution is 5.98. The van der Waals surface area contributed by atoms with E-state index in [-0.39, 0.29) is 5.91 Å². The third-order valence-corrected chi connectivity index (χ3v) is 3.00. The van der Waals surface area contributed by atoms with Crippen molar-refractivity contribution in [2.45, 2.75) is 6.54 Å². The smallest absolute Gasteiger partial charge is 0.251 e. The second-order valence-corrected chi connectivity index (χ2v) is 4.35. The van der Waals surface area contributed by atoms with E-state index in [0.717, 1.165) is 10.8 Å². The topological polar surface area (TPSA) is 72.7 Å². The summed E-state index contributed by atoms with van der Waals surface area (Å²) in [6, 6.07) is 13.6. The molecule has 100 valence electrons. The van der Waals surface area contributed by atoms with E-state index in [4.69, 9.17) is 0 Å². The van der Waals surface area contributed by atoms with E-state index in [2.05, 4.69) is 20.7 Å². The average Bonchev–Trinajstić information content (AvgIpc) is 3.00. The van der Waals surface area contributed by atoms with E-state index in [1.807, 2.05) is 42.5 Å². The first kappa shape index (κ1) is 12.3. The van der Waals surface area contributed by atoms with Gasteiger partial charge in [-0.1, -0.05) is 30.3 Å². The largest absolute Gasteiger partial charge is 0.350 e. The number of rotatable bonds is 4. The third kappa shape index (κ3) is 2.64. The Morgan fingerprint density at radius 3 is 2.80 bits per heavy atom. The first-order valence-electron chi connectivity index (χ1n) is 6.31. The second-order valence-electron chi connectivity index (χ2n) is 4.35. The minimum absolute atomic E-state index is 0.101. The predicted octanol–water partition coefficient (Wildman–Crippen LogP) is 1.26. The van der Waals surface area contributed by atoms with Crippen LogP contribution in [0, 0.1) is 0 Å². The number of benzene rings is 2. The summed E-state index contributed by atoms with van der Waals surface area (Å²) in [5.74, 6) is -0.101. The Labute approximate surface area is 115 Å². The molecule has 0 aliphatic carbocycles. The molecule has 0 spiro atoms. The van der Waals surface area contributed by atoms with Gasteiger partial charge >= 0.3 is 0 Å². The van der Waals surface area contributed by atoms with Gasteiger partial charge in [-0.05, 0) is 28.1 Å². The number of carbonyl (C=O) groups is 1. The van der Waals surface area contributed by atoms with E-state index < -0.39 is 0 Å². The predicted molar refractivity (Wildman–Crippen MR) is 74.1 cm³/mol. The number of carbonyl (C=O) groups excluding carboxylic acids is 1. The molecule has 2 aromatic carbocycles. The lowest BCUT2D eigenvalue weighted by atomic mass is 10.1. The molecule has 0 saturated heterocycles. The summed E-state index contributed by atoms with van der Waals surface area (Å²) in [6.45, 7) is 0.960. The highest BCUT2D eigenvalue weighted by Crippen LogP contribution is 2.15. The van der Waals surface area contributed by atoms with Gasteiger partial charge in [-0.15, -0.1) is 10.2 Å². The van der Waals surface area contributed by atoms with Gasteiger partial charge in [0.25, 0.3) is 5.91 Å². The van der Waals surface area contributed by atoms with Crippen LogP contribution in [0.5, 0.6) is 0 Å². The van der Waals surface area contributed by atoms with E-state index in [1.54, 1.807) is 0 Å². The molecule has 3 rings (SSSR count). The van der Waals surface area contributed by atoms with Crippen molar-refractivity contribution in [3.05, 3.63) is 54.4 Å². The highest BCUT2D eigenvalue weighted by atomic mass is 16.1. The maximum atomic E-state index is 12.0. The molecule has 0 aliphatic heterocycles. The average molecular weight is 267 g/mol. The highest BCUT2D eigenvalue weighted by Gasteiger charge is 2.05. The lowest BCUT2D eigenvalue weighted by Crippen LogP contribution is -2.27. The molecular weight excluding hydrogens is 254 g/mol. The van der Waals surface area contributed by atoms with Crippen molar-refractivity contribution in [3.63, 3.8) is 0 Å². The molecule has 6 nitrogen and oxygen atoms in total. The molecule has 1 heterocycles. The normalized spacial score (nSPS) is 10.6. The van der Waals surface area contributed by atoms with Crippen molar-refractivity contribution in [2.75, 3.05) is 6.54 Å². The van der Waals surface area contributed by atoms with Crippen LogP contribution in [0.3, 0.4) is 0 Å². The van der Waals surface area contributed by atoms with Gasteiger partial charge in [-0.2, -0.15) is 4.80 Å². The van der Waals surface area contributed by atoms with E-state index in [1.165, 1.54) is 11.1 Å². The standard InChI is InChI=1S/C14H13N5O/c20-14(15-7-8-19-17-10-16-18-19)13-6-5-11-3-1-2-4-12(11)9-13/h1-6,9-10H,7-8H2,(H,15,20). The van der Waals surface area contributed by atoms with Crippen molar-refractivity contribution in [2.24, 2.45) is 0 Å². The Morgan fingerprint density at radius 2 is 2.00 bits per heavy atom. The summed E-state index contributed by atoms with van der Waals surface area (Å²) in [6.07, 6.45) is 1.37. The minimum atomic E-state index is -0.101. The first-order chi connectivity index (χ1) is 9.83. The molecule has 1 N–H and O–H groups in total. The van der Waals surface area contributed by atoms with Gasteiger partial charge in [0, 0.05) is 12.1 Å². The number of fused-ring (bicyclic) bond motifs is 1. The van der Waals surface area contributed by atoms with Crippen LogP contribution in [0.1, 0.15) is 10.4 Å². The molecule has 1 aromatic heterocycles. The number of hydrogen-bond donors (Lipinski definition) is 1. The van der Waals surface area contributed by atoms with Gasteiger partial charge < -0.3 is 5.32 Å². The number of amides is 1. The molecule has 0 saturated carbocycles. The number of nitrogens with zero attached hydrogens (tertiary/aromatic N) is 4. The fourth-order valence-corrected chi connectivity index (χ4v) is 1.99. The van der Waals surface area contributed by atoms with Crippen molar-refractivity contribution < 1.29 is 4.79 Å². The Morgan fingerprint density at radius 1 is 1.15 bits per heavy atom. The van der Waals surface area contributed by atoms with Crippen LogP contribution in [0.15, 0.2) is 48.8 Å². The van der Waals surface area contributed by atoms with Gasteiger partial charge in [0.15, 0.2) is 6.33 Å². The van der Waals surface area contributed by atoms with Crippen molar-refractivity contribution in [3.8, 4) is 0 Å². The fourth-order valence-electron chi connectivity index (χ4n) is 1.99. The second kappa shape index (κ2) is 5.48. The van der Waals surface area contributed by atoms with Crippen LogP contribution in [-0.4, -0.2) is 32.7 Å². The molecule has 0 atom stereocenters. The zero-order valence-corrected chi connectivity index (χ0v) is 10.7. The van der Waals surface area contributed by atoms with Crippen LogP contribution in [0.4, 0.5) is 0 Å². The molecule has 1 amide bonds. The molecule has 0 bridgehead atoms. The molecule has 20 heavy (non-hydrogen) atoms. The van der Waals surface area contributed by atoms with Crippen LogP contribution in [-0.2, 0) is 6.54 Å². The van der Waals surface area contributed by atoms with Crippen LogP contribution in [0.25, 0.3) is 10.8 Å². The van der Waals surface area contributed by atoms with Crippen LogP contribution < -0.4 is 5.32 Å². The molecule has 0 fully saturated rings. The summed E-state index contributed by atoms with van der Waals surface area (Å²) in [4.78, 5) is 13.5. The van der Waals surface area contributed by atoms with Crippen LogP contribution in [0.2, 0.25) is 0 Å². The zero-order valence-electron chi connectivity index (χ0n) is 10.7. The number of hydrogen-bond acceptors (Lipinski definition) is 4. The quantitative estimate of drug-likeness (QED) is 0.772. The van der Waals surface area contributed by atoms with Crippen molar-refractivity contribution in [1.29, 1.82) is 0 Å². The maximum absolute atomic E-state index is 12.0. The number of nitrogens with one attached hydrogen (secondary N) is 1. The summed E-state index contributed by atoms with van der Waals surface area (Å²) < 4.78 is 0. The van der Waals surface area contributed by atoms with Gasteiger partial charge in [-0.3, -0.25) is 4.79 Å². The lowest BCUT2D eigenvalue weighted by Gasteiger charge is -2.05. The Balaban J connectivity index is 1.66. The number of aromatic nitrogens is 4. The van der Waals surface area contributed by atoms with Crippen molar-refractivity contribution in [1.82, 2.24) is 25.5 Å². The van der Waals surface area contributed by atoms with Crippen molar-refractivity contribution >= 4 is 16.7 Å². The lowest BCUT2D eigenvalue weighted by molar-refractivity contribution is 0.0951. The van der Waals surface area contributed by atoms with Gasteiger partial charge in [0.2, 0.25) is 0 Å². The van der Waals surface area contributed by atoms with Gasteiger partial charge in [0.05, 0.1) is 6.54 Å². The van der Waals surface area contributed by atoms with E-state index >= 15 is 0 Å². The molecule has 0 radical (unpaired) electrons. The summed E-state index contributed by atoms with van der Waals surface area (Å²) >= 11 is 0. The molecule has 3 aromatic rings. The Bertz CT molecular complexity index is 723.